The van der Waals surface area contributed by atoms with Crippen molar-refractivity contribution in [3.63, 3.8) is 0 Å². The van der Waals surface area contributed by atoms with Crippen LogP contribution in [0.15, 0.2) is 36.5 Å². The molecule has 0 bridgehead atoms. The number of nitrogens with zero attached hydrogens (tertiary/aromatic N) is 1. The van der Waals surface area contributed by atoms with Crippen molar-refractivity contribution in [2.75, 3.05) is 18.9 Å². The van der Waals surface area contributed by atoms with Crippen molar-refractivity contribution in [1.29, 1.82) is 0 Å². The number of thiazole rings is 1. The molecule has 106 valence electrons. The number of hydrogen-bond acceptors (Lipinski definition) is 5. The van der Waals surface area contributed by atoms with Crippen LogP contribution in [-0.2, 0) is 6.42 Å². The first-order valence-electron chi connectivity index (χ1n) is 6.33. The zero-order valence-corrected chi connectivity index (χ0v) is 12.0. The van der Waals surface area contributed by atoms with Crippen molar-refractivity contribution in [2.24, 2.45) is 0 Å². The Bertz CT molecular complexity index is 557. The van der Waals surface area contributed by atoms with Crippen molar-refractivity contribution >= 4 is 22.4 Å². The lowest BCUT2D eigenvalue weighted by atomic mass is 10.1. The number of aliphatic hydroxyl groups excluding tert-OH is 1. The quantitative estimate of drug-likeness (QED) is 0.754. The fourth-order valence-electron chi connectivity index (χ4n) is 1.75. The van der Waals surface area contributed by atoms with Crippen molar-refractivity contribution in [2.45, 2.75) is 12.5 Å². The van der Waals surface area contributed by atoms with Gasteiger partial charge in [0.25, 0.3) is 5.91 Å². The van der Waals surface area contributed by atoms with Gasteiger partial charge in [-0.1, -0.05) is 41.7 Å². The molecule has 1 heterocycles. The number of nitrogens with one attached hydrogen (secondary N) is 2. The summed E-state index contributed by atoms with van der Waals surface area (Å²) in [6, 6.07) is 9.69. The highest BCUT2D eigenvalue weighted by atomic mass is 32.1. The summed E-state index contributed by atoms with van der Waals surface area (Å²) in [6.07, 6.45) is 1.44. The van der Waals surface area contributed by atoms with Crippen LogP contribution in [0.3, 0.4) is 0 Å². The van der Waals surface area contributed by atoms with Crippen LogP contribution in [0, 0.1) is 0 Å². The molecule has 0 spiro atoms. The van der Waals surface area contributed by atoms with E-state index < -0.39 is 6.10 Å². The van der Waals surface area contributed by atoms with Gasteiger partial charge in [-0.2, -0.15) is 0 Å². The van der Waals surface area contributed by atoms with Gasteiger partial charge in [-0.3, -0.25) is 4.79 Å². The van der Waals surface area contributed by atoms with Gasteiger partial charge < -0.3 is 15.7 Å². The van der Waals surface area contributed by atoms with Crippen LogP contribution in [-0.4, -0.2) is 35.7 Å². The lowest BCUT2D eigenvalue weighted by molar-refractivity contribution is 0.0919. The van der Waals surface area contributed by atoms with E-state index in [-0.39, 0.29) is 12.5 Å². The minimum absolute atomic E-state index is 0.212. The van der Waals surface area contributed by atoms with Crippen molar-refractivity contribution in [3.8, 4) is 0 Å². The first-order chi connectivity index (χ1) is 9.69. The maximum Gasteiger partial charge on any atom is 0.263 e. The predicted molar refractivity (Wildman–Crippen MR) is 80.1 cm³/mol. The van der Waals surface area contributed by atoms with E-state index in [2.05, 4.69) is 15.6 Å². The Balaban J connectivity index is 1.81. The summed E-state index contributed by atoms with van der Waals surface area (Å²) in [7, 11) is 1.75. The molecule has 1 aromatic carbocycles. The van der Waals surface area contributed by atoms with E-state index in [4.69, 9.17) is 0 Å². The van der Waals surface area contributed by atoms with Gasteiger partial charge in [0, 0.05) is 20.0 Å². The van der Waals surface area contributed by atoms with E-state index in [1.54, 1.807) is 7.05 Å². The smallest absolute Gasteiger partial charge is 0.263 e. The standard InChI is InChI=1S/C14H17N3O2S/c1-15-14-17-9-12(20-14)13(19)16-8-11(18)7-10-5-3-2-4-6-10/h2-6,9,11,18H,7-8H2,1H3,(H,15,17)(H,16,19). The Kier molecular flexibility index (Phi) is 5.09. The number of rotatable bonds is 6. The van der Waals surface area contributed by atoms with Crippen LogP contribution in [0.25, 0.3) is 0 Å². The monoisotopic (exact) mass is 291 g/mol. The Hall–Kier alpha value is -1.92. The Labute approximate surface area is 121 Å². The second-order valence-corrected chi connectivity index (χ2v) is 5.36. The largest absolute Gasteiger partial charge is 0.391 e. The van der Waals surface area contributed by atoms with Gasteiger partial charge >= 0.3 is 0 Å². The second-order valence-electron chi connectivity index (χ2n) is 4.33. The van der Waals surface area contributed by atoms with E-state index in [0.717, 1.165) is 5.56 Å². The number of amides is 1. The first kappa shape index (κ1) is 14.5. The molecule has 5 nitrogen and oxygen atoms in total. The molecule has 1 aromatic heterocycles. The number of hydrogen-bond donors (Lipinski definition) is 3. The molecule has 0 fully saturated rings. The molecule has 2 rings (SSSR count). The molecule has 0 saturated carbocycles. The van der Waals surface area contributed by atoms with Crippen LogP contribution in [0.2, 0.25) is 0 Å². The van der Waals surface area contributed by atoms with E-state index in [1.807, 2.05) is 30.3 Å². The molecule has 20 heavy (non-hydrogen) atoms. The van der Waals surface area contributed by atoms with Crippen LogP contribution < -0.4 is 10.6 Å². The maximum absolute atomic E-state index is 11.9. The third-order valence-corrected chi connectivity index (χ3v) is 3.77. The van der Waals surface area contributed by atoms with Gasteiger partial charge in [0.05, 0.1) is 12.3 Å². The molecular weight excluding hydrogens is 274 g/mol. The average molecular weight is 291 g/mol. The highest BCUT2D eigenvalue weighted by Crippen LogP contribution is 2.16. The molecule has 0 aliphatic rings. The minimum Gasteiger partial charge on any atom is -0.391 e. The van der Waals surface area contributed by atoms with Crippen molar-refractivity contribution in [1.82, 2.24) is 10.3 Å². The molecule has 0 aliphatic heterocycles. The highest BCUT2D eigenvalue weighted by molar-refractivity contribution is 7.17. The topological polar surface area (TPSA) is 74.2 Å². The van der Waals surface area contributed by atoms with E-state index in [1.165, 1.54) is 17.5 Å². The molecule has 0 aliphatic carbocycles. The minimum atomic E-state index is -0.599. The number of anilines is 1. The molecule has 0 radical (unpaired) electrons. The molecule has 3 N–H and O–H groups in total. The fraction of sp³-hybridized carbons (Fsp3) is 0.286. The van der Waals surface area contributed by atoms with Gasteiger partial charge in [-0.05, 0) is 5.56 Å². The lowest BCUT2D eigenvalue weighted by Gasteiger charge is -2.11. The molecular formula is C14H17N3O2S. The highest BCUT2D eigenvalue weighted by Gasteiger charge is 2.12. The zero-order valence-electron chi connectivity index (χ0n) is 11.2. The van der Waals surface area contributed by atoms with Gasteiger partial charge in [0.2, 0.25) is 0 Å². The van der Waals surface area contributed by atoms with E-state index in [9.17, 15) is 9.90 Å². The van der Waals surface area contributed by atoms with Gasteiger partial charge in [0.15, 0.2) is 5.13 Å². The van der Waals surface area contributed by atoms with Gasteiger partial charge in [-0.25, -0.2) is 4.98 Å². The average Bonchev–Trinajstić information content (AvgIpc) is 2.95. The number of aliphatic hydroxyl groups is 1. The first-order valence-corrected chi connectivity index (χ1v) is 7.14. The number of aromatic nitrogens is 1. The van der Waals surface area contributed by atoms with E-state index in [0.29, 0.717) is 16.4 Å². The Morgan fingerprint density at radius 3 is 2.80 bits per heavy atom. The van der Waals surface area contributed by atoms with Gasteiger partial charge in [0.1, 0.15) is 4.88 Å². The lowest BCUT2D eigenvalue weighted by Crippen LogP contribution is -2.32. The van der Waals surface area contributed by atoms with Crippen LogP contribution in [0.1, 0.15) is 15.2 Å². The SMILES string of the molecule is CNc1ncc(C(=O)NCC(O)Cc2ccccc2)s1. The number of carbonyl (C=O) groups is 1. The summed E-state index contributed by atoms with van der Waals surface area (Å²) in [5.41, 5.74) is 1.05. The molecule has 6 heteroatoms. The molecule has 0 saturated heterocycles. The Morgan fingerprint density at radius 1 is 1.40 bits per heavy atom. The summed E-state index contributed by atoms with van der Waals surface area (Å²) < 4.78 is 0. The number of carbonyl (C=O) groups excluding carboxylic acids is 1. The fourth-order valence-corrected chi connectivity index (χ4v) is 2.44. The molecule has 1 atom stereocenters. The van der Waals surface area contributed by atoms with E-state index >= 15 is 0 Å². The van der Waals surface area contributed by atoms with Crippen LogP contribution in [0.5, 0.6) is 0 Å². The van der Waals surface area contributed by atoms with Crippen molar-refractivity contribution < 1.29 is 9.90 Å². The molecule has 1 amide bonds. The summed E-state index contributed by atoms with van der Waals surface area (Å²) in [4.78, 5) is 16.4. The predicted octanol–water partition coefficient (Wildman–Crippen LogP) is 1.52. The molecule has 2 aromatic rings. The van der Waals surface area contributed by atoms with Gasteiger partial charge in [-0.15, -0.1) is 0 Å². The maximum atomic E-state index is 11.9. The third-order valence-electron chi connectivity index (χ3n) is 2.76. The summed E-state index contributed by atoms with van der Waals surface area (Å²) >= 11 is 1.28. The summed E-state index contributed by atoms with van der Waals surface area (Å²) in [5, 5.41) is 16.2. The second kappa shape index (κ2) is 7.02. The summed E-state index contributed by atoms with van der Waals surface area (Å²) in [5.74, 6) is -0.212. The number of benzene rings is 1. The normalized spacial score (nSPS) is 11.9. The zero-order chi connectivity index (χ0) is 14.4. The third kappa shape index (κ3) is 4.04. The molecule has 1 unspecified atom stereocenters. The van der Waals surface area contributed by atoms with Crippen molar-refractivity contribution in [3.05, 3.63) is 47.0 Å². The van der Waals surface area contributed by atoms with Crippen LogP contribution in [0.4, 0.5) is 5.13 Å². The summed E-state index contributed by atoms with van der Waals surface area (Å²) in [6.45, 7) is 0.223. The van der Waals surface area contributed by atoms with Crippen LogP contribution >= 0.6 is 11.3 Å². The Morgan fingerprint density at radius 2 is 2.15 bits per heavy atom.